The first kappa shape index (κ1) is 17.0. The second-order valence-corrected chi connectivity index (χ2v) is 9.26. The SMILES string of the molecule is Cc1cc(NC2CCS(=O)(=O)C2)nc(N2CCC3(CC2)OCCO3)n1. The fraction of sp³-hybridized carbons (Fsp3) is 0.750. The van der Waals surface area contributed by atoms with Crippen LogP contribution in [-0.4, -0.2) is 68.0 Å². The quantitative estimate of drug-likeness (QED) is 0.834. The van der Waals surface area contributed by atoms with Crippen molar-refractivity contribution in [1.82, 2.24) is 9.97 Å². The molecule has 4 rings (SSSR count). The molecule has 4 heterocycles. The van der Waals surface area contributed by atoms with Crippen molar-refractivity contribution in [3.05, 3.63) is 11.8 Å². The molecule has 0 saturated carbocycles. The zero-order chi connectivity index (χ0) is 17.5. The molecule has 0 aromatic carbocycles. The van der Waals surface area contributed by atoms with Crippen LogP contribution >= 0.6 is 0 Å². The maximum Gasteiger partial charge on any atom is 0.227 e. The van der Waals surface area contributed by atoms with Gasteiger partial charge in [-0.1, -0.05) is 0 Å². The molecule has 1 aromatic heterocycles. The van der Waals surface area contributed by atoms with Crippen LogP contribution in [0.4, 0.5) is 11.8 Å². The van der Waals surface area contributed by atoms with Gasteiger partial charge in [-0.05, 0) is 13.3 Å². The molecule has 0 amide bonds. The summed E-state index contributed by atoms with van der Waals surface area (Å²) in [5, 5.41) is 3.26. The lowest BCUT2D eigenvalue weighted by Gasteiger charge is -2.37. The van der Waals surface area contributed by atoms with Crippen molar-refractivity contribution in [2.45, 2.75) is 38.0 Å². The summed E-state index contributed by atoms with van der Waals surface area (Å²) >= 11 is 0. The molecule has 25 heavy (non-hydrogen) atoms. The zero-order valence-electron chi connectivity index (χ0n) is 14.4. The van der Waals surface area contributed by atoms with Gasteiger partial charge in [-0.2, -0.15) is 4.98 Å². The first-order chi connectivity index (χ1) is 11.9. The number of aromatic nitrogens is 2. The highest BCUT2D eigenvalue weighted by atomic mass is 32.2. The summed E-state index contributed by atoms with van der Waals surface area (Å²) in [5.74, 6) is 1.37. The standard InChI is InChI=1S/C16H24N4O4S/c1-12-10-14(18-13-2-9-25(21,22)11-13)19-15(17-12)20-5-3-16(4-6-20)23-7-8-24-16/h10,13H,2-9,11H2,1H3,(H,17,18,19). The number of nitrogens with zero attached hydrogens (tertiary/aromatic N) is 3. The Kier molecular flexibility index (Phi) is 4.33. The predicted octanol–water partition coefficient (Wildman–Crippen LogP) is 0.727. The Balaban J connectivity index is 1.45. The van der Waals surface area contributed by atoms with Gasteiger partial charge in [-0.25, -0.2) is 13.4 Å². The van der Waals surface area contributed by atoms with Crippen molar-refractivity contribution >= 4 is 21.6 Å². The van der Waals surface area contributed by atoms with Crippen molar-refractivity contribution < 1.29 is 17.9 Å². The molecule has 1 N–H and O–H groups in total. The third kappa shape index (κ3) is 3.73. The number of nitrogens with one attached hydrogen (secondary N) is 1. The summed E-state index contributed by atoms with van der Waals surface area (Å²) in [5.41, 5.74) is 0.863. The number of sulfone groups is 1. The number of aryl methyl sites for hydroxylation is 1. The van der Waals surface area contributed by atoms with E-state index < -0.39 is 15.6 Å². The van der Waals surface area contributed by atoms with Crippen molar-refractivity contribution in [3.8, 4) is 0 Å². The van der Waals surface area contributed by atoms with E-state index in [2.05, 4.69) is 20.2 Å². The van der Waals surface area contributed by atoms with Gasteiger partial charge in [0.1, 0.15) is 5.82 Å². The van der Waals surface area contributed by atoms with E-state index in [4.69, 9.17) is 9.47 Å². The normalized spacial score (nSPS) is 27.7. The van der Waals surface area contributed by atoms with Gasteiger partial charge in [0.15, 0.2) is 15.6 Å². The number of ether oxygens (including phenoxy) is 2. The maximum absolute atomic E-state index is 11.6. The van der Waals surface area contributed by atoms with Crippen LogP contribution in [0.2, 0.25) is 0 Å². The molecule has 0 aliphatic carbocycles. The van der Waals surface area contributed by atoms with Crippen molar-refractivity contribution in [2.75, 3.05) is 48.0 Å². The Bertz CT molecular complexity index is 739. The van der Waals surface area contributed by atoms with Gasteiger partial charge in [-0.3, -0.25) is 0 Å². The van der Waals surface area contributed by atoms with Crippen molar-refractivity contribution in [2.24, 2.45) is 0 Å². The summed E-state index contributed by atoms with van der Waals surface area (Å²) in [6.45, 7) is 4.82. The van der Waals surface area contributed by atoms with Crippen LogP contribution in [0.15, 0.2) is 6.07 Å². The van der Waals surface area contributed by atoms with Crippen LogP contribution in [0, 0.1) is 6.92 Å². The second kappa shape index (κ2) is 6.37. The van der Waals surface area contributed by atoms with E-state index >= 15 is 0 Å². The number of hydrogen-bond donors (Lipinski definition) is 1. The Labute approximate surface area is 147 Å². The van der Waals surface area contributed by atoms with E-state index in [0.717, 1.165) is 31.6 Å². The van der Waals surface area contributed by atoms with E-state index in [1.807, 2.05) is 13.0 Å². The molecule has 138 valence electrons. The van der Waals surface area contributed by atoms with Crippen LogP contribution in [0.5, 0.6) is 0 Å². The third-order valence-corrected chi connectivity index (χ3v) is 6.82. The predicted molar refractivity (Wildman–Crippen MR) is 93.5 cm³/mol. The van der Waals surface area contributed by atoms with E-state index in [9.17, 15) is 8.42 Å². The van der Waals surface area contributed by atoms with Gasteiger partial charge in [0, 0.05) is 43.7 Å². The fourth-order valence-electron chi connectivity index (χ4n) is 3.72. The summed E-state index contributed by atoms with van der Waals surface area (Å²) in [7, 11) is -2.91. The van der Waals surface area contributed by atoms with Gasteiger partial charge >= 0.3 is 0 Å². The van der Waals surface area contributed by atoms with Crippen LogP contribution < -0.4 is 10.2 Å². The van der Waals surface area contributed by atoms with E-state index in [1.54, 1.807) is 0 Å². The van der Waals surface area contributed by atoms with E-state index in [-0.39, 0.29) is 17.5 Å². The number of rotatable bonds is 3. The second-order valence-electron chi connectivity index (χ2n) is 7.03. The summed E-state index contributed by atoms with van der Waals surface area (Å²) in [6, 6.07) is 1.79. The highest BCUT2D eigenvalue weighted by Crippen LogP contribution is 2.32. The van der Waals surface area contributed by atoms with E-state index in [1.165, 1.54) is 0 Å². The van der Waals surface area contributed by atoms with E-state index in [0.29, 0.717) is 31.4 Å². The molecule has 0 bridgehead atoms. The van der Waals surface area contributed by atoms with Gasteiger partial charge in [0.25, 0.3) is 0 Å². The van der Waals surface area contributed by atoms with Crippen LogP contribution in [0.1, 0.15) is 25.0 Å². The summed E-state index contributed by atoms with van der Waals surface area (Å²) in [4.78, 5) is 11.3. The minimum Gasteiger partial charge on any atom is -0.366 e. The minimum atomic E-state index is -2.91. The molecule has 3 aliphatic heterocycles. The monoisotopic (exact) mass is 368 g/mol. The van der Waals surface area contributed by atoms with Crippen LogP contribution in [0.25, 0.3) is 0 Å². The molecule has 9 heteroatoms. The molecule has 8 nitrogen and oxygen atoms in total. The van der Waals surface area contributed by atoms with Crippen LogP contribution in [0.3, 0.4) is 0 Å². The van der Waals surface area contributed by atoms with Crippen molar-refractivity contribution in [1.29, 1.82) is 0 Å². The fourth-order valence-corrected chi connectivity index (χ4v) is 5.39. The smallest absolute Gasteiger partial charge is 0.227 e. The minimum absolute atomic E-state index is 0.0722. The zero-order valence-corrected chi connectivity index (χ0v) is 15.2. The molecule has 1 spiro atoms. The molecule has 3 fully saturated rings. The highest BCUT2D eigenvalue weighted by Gasteiger charge is 2.40. The maximum atomic E-state index is 11.6. The number of hydrogen-bond acceptors (Lipinski definition) is 8. The van der Waals surface area contributed by atoms with Gasteiger partial charge < -0.3 is 19.7 Å². The molecular weight excluding hydrogens is 344 g/mol. The van der Waals surface area contributed by atoms with Gasteiger partial charge in [-0.15, -0.1) is 0 Å². The van der Waals surface area contributed by atoms with Gasteiger partial charge in [0.2, 0.25) is 5.95 Å². The Morgan fingerprint density at radius 1 is 1.24 bits per heavy atom. The lowest BCUT2D eigenvalue weighted by molar-refractivity contribution is -0.169. The van der Waals surface area contributed by atoms with Gasteiger partial charge in [0.05, 0.1) is 24.7 Å². The molecule has 0 radical (unpaired) electrons. The van der Waals surface area contributed by atoms with Crippen LogP contribution in [-0.2, 0) is 19.3 Å². The average molecular weight is 368 g/mol. The Hall–Kier alpha value is -1.45. The molecule has 1 atom stereocenters. The molecule has 3 saturated heterocycles. The first-order valence-electron chi connectivity index (χ1n) is 8.79. The molecule has 1 aromatic rings. The lowest BCUT2D eigenvalue weighted by Crippen LogP contribution is -2.45. The lowest BCUT2D eigenvalue weighted by atomic mass is 10.0. The van der Waals surface area contributed by atoms with Crippen molar-refractivity contribution in [3.63, 3.8) is 0 Å². The number of piperidine rings is 1. The average Bonchev–Trinajstić information content (AvgIpc) is 3.14. The largest absolute Gasteiger partial charge is 0.366 e. The number of anilines is 2. The topological polar surface area (TPSA) is 93.7 Å². The summed E-state index contributed by atoms with van der Waals surface area (Å²) < 4.78 is 34.8. The summed E-state index contributed by atoms with van der Waals surface area (Å²) in [6.07, 6.45) is 2.23. The first-order valence-corrected chi connectivity index (χ1v) is 10.6. The third-order valence-electron chi connectivity index (χ3n) is 5.05. The highest BCUT2D eigenvalue weighted by molar-refractivity contribution is 7.91. The molecular formula is C16H24N4O4S. The molecule has 3 aliphatic rings. The Morgan fingerprint density at radius 3 is 2.60 bits per heavy atom. The molecule has 1 unspecified atom stereocenters. The Morgan fingerprint density at radius 2 is 1.96 bits per heavy atom.